The second kappa shape index (κ2) is 6.64. The van der Waals surface area contributed by atoms with E-state index >= 15 is 0 Å². The fourth-order valence-electron chi connectivity index (χ4n) is 2.84. The third-order valence-electron chi connectivity index (χ3n) is 4.24. The lowest BCUT2D eigenvalue weighted by Gasteiger charge is -2.10. The first-order valence-corrected chi connectivity index (χ1v) is 8.52. The zero-order valence-electron chi connectivity index (χ0n) is 15.0. The number of hydrogen-bond donors (Lipinski definition) is 1. The monoisotopic (exact) mass is 348 g/mol. The molecule has 4 rings (SSSR count). The van der Waals surface area contributed by atoms with Crippen molar-refractivity contribution < 1.29 is 0 Å². The van der Waals surface area contributed by atoms with Crippen LogP contribution < -0.4 is 5.32 Å². The minimum absolute atomic E-state index is 0.0182. The molecule has 0 aliphatic rings. The first-order valence-electron chi connectivity index (χ1n) is 8.52. The van der Waals surface area contributed by atoms with Crippen LogP contribution in [0.2, 0.25) is 0 Å². The summed E-state index contributed by atoms with van der Waals surface area (Å²) in [5, 5.41) is 25.5. The molecule has 3 heterocycles. The Hall–Kier alpha value is -3.13. The normalized spacial score (nSPS) is 12.6. The van der Waals surface area contributed by atoms with Crippen LogP contribution in [-0.4, -0.2) is 34.8 Å². The van der Waals surface area contributed by atoms with Gasteiger partial charge in [-0.1, -0.05) is 18.2 Å². The van der Waals surface area contributed by atoms with Crippen molar-refractivity contribution in [3.63, 3.8) is 0 Å². The first kappa shape index (κ1) is 16.3. The van der Waals surface area contributed by atoms with Crippen LogP contribution in [0.3, 0.4) is 0 Å². The lowest BCUT2D eigenvalue weighted by atomic mass is 10.2. The predicted octanol–water partition coefficient (Wildman–Crippen LogP) is 2.17. The number of aryl methyl sites for hydroxylation is 2. The minimum Gasteiger partial charge on any atom is -0.302 e. The summed E-state index contributed by atoms with van der Waals surface area (Å²) in [6.07, 6.45) is 0. The van der Waals surface area contributed by atoms with E-state index in [2.05, 4.69) is 37.7 Å². The molecule has 0 bridgehead atoms. The Balaban J connectivity index is 1.52. The molecule has 1 N–H and O–H groups in total. The smallest absolute Gasteiger partial charge is 0.177 e. The first-order chi connectivity index (χ1) is 12.6. The van der Waals surface area contributed by atoms with E-state index in [1.54, 1.807) is 9.31 Å². The molecule has 0 radical (unpaired) electrons. The second-order valence-electron chi connectivity index (χ2n) is 6.26. The molecule has 0 saturated heterocycles. The molecular formula is C18H20N8. The summed E-state index contributed by atoms with van der Waals surface area (Å²) < 4.78 is 1.77. The van der Waals surface area contributed by atoms with Gasteiger partial charge in [-0.15, -0.1) is 10.2 Å². The van der Waals surface area contributed by atoms with E-state index in [1.165, 1.54) is 0 Å². The average Bonchev–Trinajstić information content (AvgIpc) is 3.24. The fraction of sp³-hybridized carbons (Fsp3) is 0.278. The van der Waals surface area contributed by atoms with Crippen molar-refractivity contribution in [2.45, 2.75) is 33.4 Å². The van der Waals surface area contributed by atoms with Crippen LogP contribution in [0.25, 0.3) is 11.3 Å². The van der Waals surface area contributed by atoms with Crippen LogP contribution >= 0.6 is 0 Å². The van der Waals surface area contributed by atoms with Crippen molar-refractivity contribution in [2.24, 2.45) is 0 Å². The number of hydrogen-bond acceptors (Lipinski definition) is 6. The van der Waals surface area contributed by atoms with Gasteiger partial charge in [0.05, 0.1) is 29.7 Å². The van der Waals surface area contributed by atoms with Gasteiger partial charge >= 0.3 is 0 Å². The highest BCUT2D eigenvalue weighted by molar-refractivity contribution is 5.36. The molecule has 0 saturated carbocycles. The van der Waals surface area contributed by atoms with Crippen molar-refractivity contribution in [2.75, 3.05) is 0 Å². The standard InChI is InChI=1S/C18H20N8/c1-12-9-10-16-20-21-17(25(16)22-12)11-19-13(2)18-14(3)23-26(24-18)15-7-5-4-6-8-15/h4-10,13,19H,11H2,1-3H3. The summed E-state index contributed by atoms with van der Waals surface area (Å²) in [6.45, 7) is 6.52. The molecule has 8 nitrogen and oxygen atoms in total. The van der Waals surface area contributed by atoms with Crippen LogP contribution in [-0.2, 0) is 6.54 Å². The van der Waals surface area contributed by atoms with Gasteiger partial charge in [0.15, 0.2) is 11.5 Å². The highest BCUT2D eigenvalue weighted by Gasteiger charge is 2.16. The summed E-state index contributed by atoms with van der Waals surface area (Å²) in [5.41, 5.74) is 4.41. The molecule has 0 amide bonds. The van der Waals surface area contributed by atoms with E-state index in [-0.39, 0.29) is 6.04 Å². The average molecular weight is 348 g/mol. The molecule has 132 valence electrons. The molecule has 4 aromatic rings. The van der Waals surface area contributed by atoms with Crippen molar-refractivity contribution >= 4 is 5.65 Å². The molecular weight excluding hydrogens is 328 g/mol. The number of nitrogens with one attached hydrogen (secondary N) is 1. The van der Waals surface area contributed by atoms with Crippen LogP contribution in [0.1, 0.15) is 35.9 Å². The number of fused-ring (bicyclic) bond motifs is 1. The van der Waals surface area contributed by atoms with Crippen molar-refractivity contribution in [3.8, 4) is 5.69 Å². The molecule has 0 aliphatic heterocycles. The van der Waals surface area contributed by atoms with Crippen molar-refractivity contribution in [1.29, 1.82) is 0 Å². The zero-order chi connectivity index (χ0) is 18.1. The van der Waals surface area contributed by atoms with Gasteiger partial charge in [0.2, 0.25) is 0 Å². The SMILES string of the molecule is Cc1ccc2nnc(CNC(C)c3nn(-c4ccccc4)nc3C)n2n1. The Kier molecular flexibility index (Phi) is 4.18. The Morgan fingerprint density at radius 1 is 0.962 bits per heavy atom. The Morgan fingerprint density at radius 3 is 2.58 bits per heavy atom. The van der Waals surface area contributed by atoms with Crippen LogP contribution in [0.4, 0.5) is 0 Å². The van der Waals surface area contributed by atoms with Crippen LogP contribution in [0.15, 0.2) is 42.5 Å². The number of benzene rings is 1. The molecule has 1 unspecified atom stereocenters. The van der Waals surface area contributed by atoms with E-state index in [9.17, 15) is 0 Å². The third-order valence-corrected chi connectivity index (χ3v) is 4.24. The lowest BCUT2D eigenvalue weighted by molar-refractivity contribution is 0.533. The number of nitrogens with zero attached hydrogens (tertiary/aromatic N) is 7. The van der Waals surface area contributed by atoms with Gasteiger partial charge in [0, 0.05) is 0 Å². The quantitative estimate of drug-likeness (QED) is 0.595. The topological polar surface area (TPSA) is 85.8 Å². The molecule has 1 atom stereocenters. The number of rotatable bonds is 5. The molecule has 0 spiro atoms. The molecule has 1 aromatic carbocycles. The Labute approximate surface area is 150 Å². The Bertz CT molecular complexity index is 1030. The van der Waals surface area contributed by atoms with E-state index in [0.29, 0.717) is 6.54 Å². The maximum absolute atomic E-state index is 4.64. The molecule has 0 aliphatic carbocycles. The molecule has 3 aromatic heterocycles. The summed E-state index contributed by atoms with van der Waals surface area (Å²) in [4.78, 5) is 1.67. The van der Waals surface area contributed by atoms with Gasteiger partial charge in [-0.25, -0.2) is 0 Å². The van der Waals surface area contributed by atoms with Crippen LogP contribution in [0.5, 0.6) is 0 Å². The number of para-hydroxylation sites is 1. The van der Waals surface area contributed by atoms with Crippen LogP contribution in [0, 0.1) is 13.8 Å². The van der Waals surface area contributed by atoms with E-state index in [0.717, 1.165) is 34.2 Å². The van der Waals surface area contributed by atoms with E-state index in [1.807, 2.05) is 56.3 Å². The maximum Gasteiger partial charge on any atom is 0.177 e. The van der Waals surface area contributed by atoms with E-state index in [4.69, 9.17) is 0 Å². The third kappa shape index (κ3) is 3.06. The van der Waals surface area contributed by atoms with Gasteiger partial charge in [-0.2, -0.15) is 24.6 Å². The highest BCUT2D eigenvalue weighted by atomic mass is 15.5. The summed E-state index contributed by atoms with van der Waals surface area (Å²) in [5.74, 6) is 0.767. The zero-order valence-corrected chi connectivity index (χ0v) is 15.0. The molecule has 0 fully saturated rings. The summed E-state index contributed by atoms with van der Waals surface area (Å²) in [7, 11) is 0. The Morgan fingerprint density at radius 2 is 1.77 bits per heavy atom. The second-order valence-corrected chi connectivity index (χ2v) is 6.26. The van der Waals surface area contributed by atoms with Gasteiger partial charge in [-0.3, -0.25) is 0 Å². The number of aromatic nitrogens is 7. The van der Waals surface area contributed by atoms with Crippen molar-refractivity contribution in [1.82, 2.24) is 40.1 Å². The molecule has 8 heteroatoms. The van der Waals surface area contributed by atoms with Gasteiger partial charge in [-0.05, 0) is 45.0 Å². The van der Waals surface area contributed by atoms with Gasteiger partial charge in [0.1, 0.15) is 5.69 Å². The summed E-state index contributed by atoms with van der Waals surface area (Å²) >= 11 is 0. The largest absolute Gasteiger partial charge is 0.302 e. The maximum atomic E-state index is 4.64. The van der Waals surface area contributed by atoms with E-state index < -0.39 is 0 Å². The molecule has 26 heavy (non-hydrogen) atoms. The van der Waals surface area contributed by atoms with Crippen molar-refractivity contribution in [3.05, 3.63) is 65.4 Å². The fourth-order valence-corrected chi connectivity index (χ4v) is 2.84. The van der Waals surface area contributed by atoms with Gasteiger partial charge in [0.25, 0.3) is 0 Å². The summed E-state index contributed by atoms with van der Waals surface area (Å²) in [6, 6.07) is 13.7. The highest BCUT2D eigenvalue weighted by Crippen LogP contribution is 2.16. The predicted molar refractivity (Wildman–Crippen MR) is 96.9 cm³/mol. The lowest BCUT2D eigenvalue weighted by Crippen LogP contribution is -2.21. The van der Waals surface area contributed by atoms with Gasteiger partial charge < -0.3 is 5.32 Å². The minimum atomic E-state index is 0.0182.